The van der Waals surface area contributed by atoms with Crippen LogP contribution in [0.4, 0.5) is 24.1 Å². The minimum absolute atomic E-state index is 0.573. The zero-order valence-corrected chi connectivity index (χ0v) is 13.4. The summed E-state index contributed by atoms with van der Waals surface area (Å²) in [6.07, 6.45) is -2.65. The summed E-state index contributed by atoms with van der Waals surface area (Å²) in [7, 11) is 0. The molecule has 0 atom stereocenters. The number of rotatable bonds is 3. The summed E-state index contributed by atoms with van der Waals surface area (Å²) in [5, 5.41) is 0.905. The van der Waals surface area contributed by atoms with Crippen LogP contribution in [0, 0.1) is 0 Å². The lowest BCUT2D eigenvalue weighted by Gasteiger charge is -2.35. The largest absolute Gasteiger partial charge is 0.417 e. The third-order valence-corrected chi connectivity index (χ3v) is 4.54. The molecule has 0 N–H and O–H groups in total. The molecule has 23 heavy (non-hydrogen) atoms. The van der Waals surface area contributed by atoms with Crippen LogP contribution in [0.1, 0.15) is 18.3 Å². The number of hydrogen-bond acceptors (Lipinski definition) is 6. The van der Waals surface area contributed by atoms with Crippen molar-refractivity contribution in [3.63, 3.8) is 0 Å². The monoisotopic (exact) mass is 343 g/mol. The highest BCUT2D eigenvalue weighted by Gasteiger charge is 2.31. The van der Waals surface area contributed by atoms with E-state index < -0.39 is 11.7 Å². The van der Waals surface area contributed by atoms with Gasteiger partial charge in [-0.25, -0.2) is 9.97 Å². The third kappa shape index (κ3) is 3.54. The molecule has 0 spiro atoms. The van der Waals surface area contributed by atoms with E-state index in [0.717, 1.165) is 42.7 Å². The number of pyridine rings is 1. The molecule has 3 rings (SSSR count). The molecular weight excluding hydrogens is 327 g/mol. The number of alkyl halides is 3. The van der Waals surface area contributed by atoms with Crippen molar-refractivity contribution >= 4 is 22.5 Å². The Hall–Kier alpha value is -1.90. The molecule has 0 aromatic carbocycles. The molecule has 9 heteroatoms. The van der Waals surface area contributed by atoms with Crippen molar-refractivity contribution in [1.29, 1.82) is 0 Å². The second-order valence-electron chi connectivity index (χ2n) is 5.22. The van der Waals surface area contributed by atoms with Gasteiger partial charge in [0.15, 0.2) is 0 Å². The van der Waals surface area contributed by atoms with E-state index in [1.54, 1.807) is 0 Å². The topological polar surface area (TPSA) is 45.2 Å². The van der Waals surface area contributed by atoms with E-state index in [-0.39, 0.29) is 0 Å². The first-order chi connectivity index (χ1) is 11.0. The summed E-state index contributed by atoms with van der Waals surface area (Å²) < 4.78 is 42.0. The van der Waals surface area contributed by atoms with Crippen LogP contribution in [0.3, 0.4) is 0 Å². The minimum Gasteiger partial charge on any atom is -0.353 e. The number of hydrogen-bond donors (Lipinski definition) is 0. The van der Waals surface area contributed by atoms with Crippen LogP contribution in [0.5, 0.6) is 0 Å². The molecular formula is C14H16F3N5S. The predicted molar refractivity (Wildman–Crippen MR) is 83.0 cm³/mol. The number of anilines is 2. The van der Waals surface area contributed by atoms with Gasteiger partial charge in [0.05, 0.1) is 5.56 Å². The minimum atomic E-state index is -4.35. The van der Waals surface area contributed by atoms with Gasteiger partial charge in [0, 0.05) is 50.3 Å². The summed E-state index contributed by atoms with van der Waals surface area (Å²) in [5.74, 6) is 1.42. The standard InChI is InChI=1S/C14H16F3N5S/c1-2-11-19-13(23-20-11)22-7-5-21(6-8-22)12-4-3-10(9-18-12)14(15,16)17/h3-4,9H,2,5-8H2,1H3. The van der Waals surface area contributed by atoms with Crippen LogP contribution in [0.2, 0.25) is 0 Å². The maximum atomic E-state index is 12.6. The lowest BCUT2D eigenvalue weighted by molar-refractivity contribution is -0.137. The fourth-order valence-electron chi connectivity index (χ4n) is 2.38. The van der Waals surface area contributed by atoms with Crippen molar-refractivity contribution in [2.75, 3.05) is 36.0 Å². The van der Waals surface area contributed by atoms with E-state index >= 15 is 0 Å². The van der Waals surface area contributed by atoms with Crippen molar-refractivity contribution in [2.24, 2.45) is 0 Å². The van der Waals surface area contributed by atoms with Gasteiger partial charge in [0.25, 0.3) is 0 Å². The third-order valence-electron chi connectivity index (χ3n) is 3.72. The Balaban J connectivity index is 1.62. The average molecular weight is 343 g/mol. The molecule has 0 aliphatic carbocycles. The summed E-state index contributed by atoms with van der Waals surface area (Å²) in [5.41, 5.74) is -0.721. The molecule has 1 saturated heterocycles. The molecule has 5 nitrogen and oxygen atoms in total. The average Bonchev–Trinajstić information content (AvgIpc) is 3.03. The van der Waals surface area contributed by atoms with Crippen molar-refractivity contribution in [3.8, 4) is 0 Å². The van der Waals surface area contributed by atoms with Gasteiger partial charge >= 0.3 is 6.18 Å². The second kappa shape index (κ2) is 6.31. The molecule has 1 fully saturated rings. The van der Waals surface area contributed by atoms with Crippen LogP contribution in [0.25, 0.3) is 0 Å². The normalized spacial score (nSPS) is 16.0. The fraction of sp³-hybridized carbons (Fsp3) is 0.500. The van der Waals surface area contributed by atoms with Gasteiger partial charge in [0.2, 0.25) is 5.13 Å². The van der Waals surface area contributed by atoms with Crippen molar-refractivity contribution in [1.82, 2.24) is 14.3 Å². The molecule has 1 aliphatic heterocycles. The Labute approximate surface area is 135 Å². The van der Waals surface area contributed by atoms with Crippen LogP contribution >= 0.6 is 11.5 Å². The number of piperazine rings is 1. The number of halogens is 3. The molecule has 2 aromatic rings. The van der Waals surface area contributed by atoms with Gasteiger partial charge in [-0.3, -0.25) is 0 Å². The smallest absolute Gasteiger partial charge is 0.353 e. The first-order valence-electron chi connectivity index (χ1n) is 7.33. The molecule has 3 heterocycles. The van der Waals surface area contributed by atoms with E-state index in [2.05, 4.69) is 19.2 Å². The maximum absolute atomic E-state index is 12.6. The van der Waals surface area contributed by atoms with Gasteiger partial charge in [-0.15, -0.1) is 0 Å². The highest BCUT2D eigenvalue weighted by molar-refractivity contribution is 7.09. The zero-order valence-electron chi connectivity index (χ0n) is 12.5. The molecule has 0 unspecified atom stereocenters. The van der Waals surface area contributed by atoms with E-state index in [1.165, 1.54) is 17.6 Å². The molecule has 124 valence electrons. The van der Waals surface area contributed by atoms with Crippen molar-refractivity contribution < 1.29 is 13.2 Å². The summed E-state index contributed by atoms with van der Waals surface area (Å²) in [6, 6.07) is 2.51. The fourth-order valence-corrected chi connectivity index (χ4v) is 3.19. The molecule has 0 bridgehead atoms. The summed E-state index contributed by atoms with van der Waals surface area (Å²) in [4.78, 5) is 12.5. The highest BCUT2D eigenvalue weighted by atomic mass is 32.1. The Kier molecular flexibility index (Phi) is 4.38. The summed E-state index contributed by atoms with van der Waals surface area (Å²) in [6.45, 7) is 4.90. The molecule has 2 aromatic heterocycles. The van der Waals surface area contributed by atoms with Crippen molar-refractivity contribution in [3.05, 3.63) is 29.7 Å². The lowest BCUT2D eigenvalue weighted by atomic mass is 10.2. The zero-order chi connectivity index (χ0) is 16.4. The quantitative estimate of drug-likeness (QED) is 0.857. The van der Waals surface area contributed by atoms with Gasteiger partial charge < -0.3 is 9.80 Å². The molecule has 0 radical (unpaired) electrons. The van der Waals surface area contributed by atoms with E-state index in [4.69, 9.17) is 0 Å². The van der Waals surface area contributed by atoms with Crippen LogP contribution < -0.4 is 9.80 Å². The SMILES string of the molecule is CCc1nsc(N2CCN(c3ccc(C(F)(F)F)cn3)CC2)n1. The first-order valence-corrected chi connectivity index (χ1v) is 8.10. The van der Waals surface area contributed by atoms with Crippen LogP contribution in [-0.2, 0) is 12.6 Å². The summed E-state index contributed by atoms with van der Waals surface area (Å²) >= 11 is 1.39. The molecule has 0 saturated carbocycles. The Morgan fingerprint density at radius 1 is 1.13 bits per heavy atom. The molecule has 0 amide bonds. The van der Waals surface area contributed by atoms with Gasteiger partial charge in [-0.05, 0) is 12.1 Å². The Bertz CT molecular complexity index is 647. The lowest BCUT2D eigenvalue weighted by Crippen LogP contribution is -2.46. The highest BCUT2D eigenvalue weighted by Crippen LogP contribution is 2.29. The Morgan fingerprint density at radius 3 is 2.35 bits per heavy atom. The number of aromatic nitrogens is 3. The van der Waals surface area contributed by atoms with E-state index in [0.29, 0.717) is 18.9 Å². The second-order valence-corrected chi connectivity index (χ2v) is 5.95. The number of nitrogens with zero attached hydrogens (tertiary/aromatic N) is 5. The van der Waals surface area contributed by atoms with E-state index in [9.17, 15) is 13.2 Å². The maximum Gasteiger partial charge on any atom is 0.417 e. The van der Waals surface area contributed by atoms with Gasteiger partial charge in [-0.1, -0.05) is 6.92 Å². The van der Waals surface area contributed by atoms with Crippen LogP contribution in [0.15, 0.2) is 18.3 Å². The van der Waals surface area contributed by atoms with E-state index in [1.807, 2.05) is 11.8 Å². The van der Waals surface area contributed by atoms with Gasteiger partial charge in [0.1, 0.15) is 11.6 Å². The molecule has 1 aliphatic rings. The number of aryl methyl sites for hydroxylation is 1. The van der Waals surface area contributed by atoms with Crippen molar-refractivity contribution in [2.45, 2.75) is 19.5 Å². The van der Waals surface area contributed by atoms with Gasteiger partial charge in [-0.2, -0.15) is 17.5 Å². The van der Waals surface area contributed by atoms with Crippen LogP contribution in [-0.4, -0.2) is 40.5 Å². The first kappa shape index (κ1) is 16.0. The Morgan fingerprint density at radius 2 is 1.83 bits per heavy atom. The predicted octanol–water partition coefficient (Wildman–Crippen LogP) is 2.84.